The Balaban J connectivity index is 1.55. The number of hydrogen-bond acceptors (Lipinski definition) is 5. The monoisotopic (exact) mass is 399 g/mol. The van der Waals surface area contributed by atoms with E-state index in [0.717, 1.165) is 19.3 Å². The van der Waals surface area contributed by atoms with Crippen LogP contribution in [-0.4, -0.2) is 43.1 Å². The molecule has 2 aliphatic rings. The zero-order chi connectivity index (χ0) is 19.5. The molecule has 1 saturated heterocycles. The van der Waals surface area contributed by atoms with Gasteiger partial charge in [-0.25, -0.2) is 4.79 Å². The van der Waals surface area contributed by atoms with E-state index < -0.39 is 12.1 Å². The lowest BCUT2D eigenvalue weighted by Crippen LogP contribution is -2.44. The van der Waals surface area contributed by atoms with Crippen LogP contribution in [0, 0.1) is 5.92 Å². The third-order valence-electron chi connectivity index (χ3n) is 5.40. The second-order valence-electron chi connectivity index (χ2n) is 7.54. The standard InChI is InChI=1S/C22H25NO4S/c1-15-7-8-18-17(13-15)14-19(28-18)22(25)27-20(16-5-3-2-4-6-16)21(24)23-9-11-26-12-10-23/h2-6,14-15,20H,7-13H2,1H3/t15-,20-/m0/s1. The highest BCUT2D eigenvalue weighted by Crippen LogP contribution is 2.33. The van der Waals surface area contributed by atoms with Gasteiger partial charge in [-0.3, -0.25) is 4.79 Å². The summed E-state index contributed by atoms with van der Waals surface area (Å²) in [4.78, 5) is 29.6. The predicted octanol–water partition coefficient (Wildman–Crippen LogP) is 3.63. The van der Waals surface area contributed by atoms with Crippen molar-refractivity contribution in [3.63, 3.8) is 0 Å². The number of amides is 1. The summed E-state index contributed by atoms with van der Waals surface area (Å²) in [6.07, 6.45) is 2.26. The van der Waals surface area contributed by atoms with Crippen LogP contribution in [0.4, 0.5) is 0 Å². The average molecular weight is 400 g/mol. The van der Waals surface area contributed by atoms with Crippen LogP contribution in [0.5, 0.6) is 0 Å². The van der Waals surface area contributed by atoms with Crippen molar-refractivity contribution >= 4 is 23.2 Å². The minimum absolute atomic E-state index is 0.183. The number of thiophene rings is 1. The molecule has 148 valence electrons. The summed E-state index contributed by atoms with van der Waals surface area (Å²) in [5.74, 6) is 0.0474. The molecule has 5 nitrogen and oxygen atoms in total. The molecule has 6 heteroatoms. The van der Waals surface area contributed by atoms with Crippen LogP contribution in [-0.2, 0) is 27.1 Å². The molecule has 1 amide bonds. The van der Waals surface area contributed by atoms with Gasteiger partial charge >= 0.3 is 5.97 Å². The van der Waals surface area contributed by atoms with E-state index in [0.29, 0.717) is 42.7 Å². The van der Waals surface area contributed by atoms with E-state index in [9.17, 15) is 9.59 Å². The van der Waals surface area contributed by atoms with Crippen molar-refractivity contribution in [2.75, 3.05) is 26.3 Å². The number of fused-ring (bicyclic) bond motifs is 1. The second kappa shape index (κ2) is 8.45. The Morgan fingerprint density at radius 1 is 1.21 bits per heavy atom. The molecule has 28 heavy (non-hydrogen) atoms. The quantitative estimate of drug-likeness (QED) is 0.737. The zero-order valence-electron chi connectivity index (χ0n) is 16.1. The van der Waals surface area contributed by atoms with Gasteiger partial charge in [-0.2, -0.15) is 0 Å². The first-order valence-corrected chi connectivity index (χ1v) is 10.7. The first kappa shape index (κ1) is 19.2. The second-order valence-corrected chi connectivity index (χ2v) is 8.68. The van der Waals surface area contributed by atoms with E-state index in [1.807, 2.05) is 36.4 Å². The molecule has 1 aromatic carbocycles. The highest BCUT2D eigenvalue weighted by molar-refractivity contribution is 7.14. The smallest absolute Gasteiger partial charge is 0.349 e. The minimum atomic E-state index is -0.926. The van der Waals surface area contributed by atoms with Gasteiger partial charge in [0, 0.05) is 23.5 Å². The van der Waals surface area contributed by atoms with Crippen LogP contribution < -0.4 is 0 Å². The summed E-state index contributed by atoms with van der Waals surface area (Å²) in [6.45, 7) is 4.30. The van der Waals surface area contributed by atoms with Gasteiger partial charge in [-0.05, 0) is 36.8 Å². The maximum atomic E-state index is 13.1. The van der Waals surface area contributed by atoms with Gasteiger partial charge < -0.3 is 14.4 Å². The highest BCUT2D eigenvalue weighted by atomic mass is 32.1. The van der Waals surface area contributed by atoms with Gasteiger partial charge in [0.15, 0.2) is 0 Å². The van der Waals surface area contributed by atoms with Gasteiger partial charge in [0.05, 0.1) is 13.2 Å². The van der Waals surface area contributed by atoms with E-state index >= 15 is 0 Å². The Labute approximate surface area is 169 Å². The normalized spacial score (nSPS) is 20.3. The van der Waals surface area contributed by atoms with Gasteiger partial charge in [0.1, 0.15) is 4.88 Å². The maximum Gasteiger partial charge on any atom is 0.349 e. The topological polar surface area (TPSA) is 55.8 Å². The van der Waals surface area contributed by atoms with E-state index in [1.165, 1.54) is 21.8 Å². The molecule has 2 heterocycles. The van der Waals surface area contributed by atoms with E-state index in [2.05, 4.69) is 6.92 Å². The molecule has 0 unspecified atom stereocenters. The molecule has 2 atom stereocenters. The Kier molecular flexibility index (Phi) is 5.78. The summed E-state index contributed by atoms with van der Waals surface area (Å²) in [5, 5.41) is 0. The Bertz CT molecular complexity index is 841. The first-order chi connectivity index (χ1) is 13.6. The van der Waals surface area contributed by atoms with Crippen LogP contribution in [0.1, 0.15) is 45.1 Å². The van der Waals surface area contributed by atoms with Crippen LogP contribution in [0.2, 0.25) is 0 Å². The third-order valence-corrected chi connectivity index (χ3v) is 6.62. The van der Waals surface area contributed by atoms with Gasteiger partial charge in [0.2, 0.25) is 6.10 Å². The van der Waals surface area contributed by atoms with E-state index in [4.69, 9.17) is 9.47 Å². The Morgan fingerprint density at radius 3 is 2.71 bits per heavy atom. The fraction of sp³-hybridized carbons (Fsp3) is 0.455. The number of ether oxygens (including phenoxy) is 2. The number of nitrogens with zero attached hydrogens (tertiary/aromatic N) is 1. The van der Waals surface area contributed by atoms with Crippen molar-refractivity contribution in [3.8, 4) is 0 Å². The fourth-order valence-corrected chi connectivity index (χ4v) is 4.90. The number of aryl methyl sites for hydroxylation is 1. The summed E-state index contributed by atoms with van der Waals surface area (Å²) >= 11 is 1.51. The lowest BCUT2D eigenvalue weighted by molar-refractivity contribution is -0.145. The van der Waals surface area contributed by atoms with Crippen molar-refractivity contribution < 1.29 is 19.1 Å². The van der Waals surface area contributed by atoms with Crippen LogP contribution >= 0.6 is 11.3 Å². The predicted molar refractivity (Wildman–Crippen MR) is 108 cm³/mol. The number of hydrogen-bond donors (Lipinski definition) is 0. The molecule has 4 rings (SSSR count). The van der Waals surface area contributed by atoms with Crippen molar-refractivity contribution in [3.05, 3.63) is 57.3 Å². The maximum absolute atomic E-state index is 13.1. The number of morpholine rings is 1. The molecule has 0 radical (unpaired) electrons. The van der Waals surface area contributed by atoms with E-state index in [1.54, 1.807) is 4.90 Å². The molecule has 2 aromatic rings. The van der Waals surface area contributed by atoms with Gasteiger partial charge in [-0.1, -0.05) is 37.3 Å². The van der Waals surface area contributed by atoms with Crippen molar-refractivity contribution in [2.45, 2.75) is 32.3 Å². The SMILES string of the molecule is C[C@H]1CCc2sc(C(=O)O[C@H](C(=O)N3CCOCC3)c3ccccc3)cc2C1. The van der Waals surface area contributed by atoms with Crippen molar-refractivity contribution in [2.24, 2.45) is 5.92 Å². The molecule has 1 aliphatic carbocycles. The van der Waals surface area contributed by atoms with Crippen molar-refractivity contribution in [1.29, 1.82) is 0 Å². The number of carbonyl (C=O) groups is 2. The lowest BCUT2D eigenvalue weighted by atomic mass is 9.90. The highest BCUT2D eigenvalue weighted by Gasteiger charge is 2.32. The zero-order valence-corrected chi connectivity index (χ0v) is 16.9. The van der Waals surface area contributed by atoms with E-state index in [-0.39, 0.29) is 5.91 Å². The Morgan fingerprint density at radius 2 is 1.96 bits per heavy atom. The van der Waals surface area contributed by atoms with Crippen LogP contribution in [0.15, 0.2) is 36.4 Å². The number of esters is 1. The van der Waals surface area contributed by atoms with Crippen LogP contribution in [0.25, 0.3) is 0 Å². The first-order valence-electron chi connectivity index (χ1n) is 9.86. The van der Waals surface area contributed by atoms with Gasteiger partial charge in [-0.15, -0.1) is 11.3 Å². The molecule has 0 bridgehead atoms. The Hall–Kier alpha value is -2.18. The number of benzene rings is 1. The molecule has 1 fully saturated rings. The molecular formula is C22H25NO4S. The number of rotatable bonds is 4. The summed E-state index contributed by atoms with van der Waals surface area (Å²) in [7, 11) is 0. The van der Waals surface area contributed by atoms with Crippen molar-refractivity contribution in [1.82, 2.24) is 4.90 Å². The summed E-state index contributed by atoms with van der Waals surface area (Å²) < 4.78 is 11.1. The third kappa shape index (κ3) is 4.13. The lowest BCUT2D eigenvalue weighted by Gasteiger charge is -2.30. The largest absolute Gasteiger partial charge is 0.443 e. The molecule has 0 N–H and O–H groups in total. The molecule has 0 saturated carbocycles. The summed E-state index contributed by atoms with van der Waals surface area (Å²) in [6, 6.07) is 11.2. The molecule has 0 spiro atoms. The number of carbonyl (C=O) groups excluding carboxylic acids is 2. The molecule has 1 aromatic heterocycles. The van der Waals surface area contributed by atoms with Gasteiger partial charge in [0.25, 0.3) is 5.91 Å². The summed E-state index contributed by atoms with van der Waals surface area (Å²) in [5.41, 5.74) is 1.95. The average Bonchev–Trinajstić information content (AvgIpc) is 3.16. The fourth-order valence-electron chi connectivity index (χ4n) is 3.81. The molecule has 1 aliphatic heterocycles. The minimum Gasteiger partial charge on any atom is -0.443 e. The van der Waals surface area contributed by atoms with Crippen LogP contribution in [0.3, 0.4) is 0 Å². The molecular weight excluding hydrogens is 374 g/mol.